The number of halogens is 5. The minimum absolute atomic E-state index is 0.0171. The fourth-order valence-electron chi connectivity index (χ4n) is 8.73. The van der Waals surface area contributed by atoms with Gasteiger partial charge in [-0.05, 0) is 80.6 Å². The van der Waals surface area contributed by atoms with Gasteiger partial charge < -0.3 is 24.2 Å². The number of carbonyl (C=O) groups excluding carboxylic acids is 1. The van der Waals surface area contributed by atoms with Gasteiger partial charge in [-0.25, -0.2) is 26.9 Å². The molecule has 5 aliphatic heterocycles. The van der Waals surface area contributed by atoms with E-state index in [4.69, 9.17) is 29.8 Å². The molecule has 1 N–H and O–H groups in total. The van der Waals surface area contributed by atoms with Gasteiger partial charge in [0.2, 0.25) is 0 Å². The lowest BCUT2D eigenvalue weighted by atomic mass is 9.90. The molecule has 1 unspecified atom stereocenters. The van der Waals surface area contributed by atoms with Crippen molar-refractivity contribution >= 4 is 51.8 Å². The molecule has 2 aromatic heterocycles. The Bertz CT molecular complexity index is 2230. The molecule has 0 aliphatic carbocycles. The van der Waals surface area contributed by atoms with E-state index in [-0.39, 0.29) is 109 Å². The van der Waals surface area contributed by atoms with Crippen molar-refractivity contribution in [3.8, 4) is 23.0 Å². The molecule has 0 saturated carbocycles. The molecule has 55 heavy (non-hydrogen) atoms. The number of piperidine rings is 1. The van der Waals surface area contributed by atoms with Crippen molar-refractivity contribution in [1.82, 2.24) is 25.2 Å². The van der Waals surface area contributed by atoms with Crippen LogP contribution in [-0.4, -0.2) is 95.4 Å². The summed E-state index contributed by atoms with van der Waals surface area (Å²) in [4.78, 5) is 30.4. The minimum Gasteiger partial charge on any atom is -0.461 e. The molecular weight excluding hydrogens is 767 g/mol. The molecule has 9 rings (SSSR count). The summed E-state index contributed by atoms with van der Waals surface area (Å²) in [5.41, 5.74) is -1.95. The molecule has 5 aliphatic rings. The first kappa shape index (κ1) is 37.9. The van der Waals surface area contributed by atoms with Gasteiger partial charge in [0.15, 0.2) is 5.82 Å². The molecule has 18 heteroatoms. The summed E-state index contributed by atoms with van der Waals surface area (Å²) in [7, 11) is 0. The molecule has 294 valence electrons. The van der Waals surface area contributed by atoms with Crippen LogP contribution in [0, 0.1) is 11.6 Å². The van der Waals surface area contributed by atoms with Crippen LogP contribution in [0.15, 0.2) is 30.5 Å². The molecule has 0 spiro atoms. The number of benzene rings is 2. The van der Waals surface area contributed by atoms with Gasteiger partial charge in [-0.3, -0.25) is 14.4 Å². The molecule has 1 amide bonds. The highest BCUT2D eigenvalue weighted by Crippen LogP contribution is 2.54. The average Bonchev–Trinajstić information content (AvgIpc) is 3.64. The monoisotopic (exact) mass is 806 g/mol. The Hall–Kier alpha value is -3.98. The van der Waals surface area contributed by atoms with E-state index in [1.165, 1.54) is 30.5 Å². The number of fused-ring (bicyclic) bond motifs is 7. The molecule has 7 heterocycles. The Labute approximate surface area is 319 Å². The second-order valence-corrected chi connectivity index (χ2v) is 17.6. The van der Waals surface area contributed by atoms with Crippen molar-refractivity contribution in [2.45, 2.75) is 75.8 Å². The zero-order valence-electron chi connectivity index (χ0n) is 30.3. The fraction of sp³-hybridized carbons (Fsp3) is 0.514. The van der Waals surface area contributed by atoms with Gasteiger partial charge in [0.1, 0.15) is 47.5 Å². The van der Waals surface area contributed by atoms with Crippen molar-refractivity contribution in [3.63, 3.8) is 0 Å². The third-order valence-electron chi connectivity index (χ3n) is 10.9. The number of hydrogen-bond acceptors (Lipinski definition) is 11. The van der Waals surface area contributed by atoms with E-state index in [2.05, 4.69) is 25.2 Å². The number of carbonyl (C=O) groups is 1. The number of amides is 1. The van der Waals surface area contributed by atoms with E-state index in [1.807, 2.05) is 0 Å². The van der Waals surface area contributed by atoms with Crippen LogP contribution in [0.5, 0.6) is 11.8 Å². The number of hydrogen-bond donors (Lipinski definition) is 1. The first-order chi connectivity index (χ1) is 26.3. The summed E-state index contributed by atoms with van der Waals surface area (Å²) in [5, 5.41) is 3.56. The standard InChI is InChI=1S/C37H40ClF4N6O6P/c1-3-53-55(38,50)54-24-12-21-7-8-28(41)25-6-4-11-51-35(49)46-36(2)14-22(39)17-47(19-36)33-27-16-43-31(26(13-24)29(21)25)30(42)32(27)44-34(45-33)52-20-37-9-5-10-48(37)18-23(40)15-37/h7-8,12-13,16,22-23H,3-6,9-11,14-15,17-20H2,1-2H3,(H,46,49)/t22-,23-,36-,37+,55?/m1/s1. The van der Waals surface area contributed by atoms with Crippen LogP contribution >= 0.6 is 18.2 Å². The van der Waals surface area contributed by atoms with Gasteiger partial charge in [0.05, 0.1) is 36.2 Å². The van der Waals surface area contributed by atoms with Crippen molar-refractivity contribution in [2.24, 2.45) is 0 Å². The number of anilines is 1. The summed E-state index contributed by atoms with van der Waals surface area (Å²) in [5.74, 6) is -1.48. The summed E-state index contributed by atoms with van der Waals surface area (Å²) >= 11 is 6.08. The average molecular weight is 807 g/mol. The highest BCUT2D eigenvalue weighted by atomic mass is 35.7. The lowest BCUT2D eigenvalue weighted by Crippen LogP contribution is -2.60. The zero-order valence-corrected chi connectivity index (χ0v) is 31.9. The van der Waals surface area contributed by atoms with Crippen molar-refractivity contribution in [2.75, 3.05) is 50.9 Å². The van der Waals surface area contributed by atoms with E-state index in [0.717, 1.165) is 13.0 Å². The Balaban J connectivity index is 1.33. The summed E-state index contributed by atoms with van der Waals surface area (Å²) in [6, 6.07) is 5.30. The van der Waals surface area contributed by atoms with E-state index in [9.17, 15) is 13.8 Å². The molecule has 3 fully saturated rings. The number of nitrogens with zero attached hydrogens (tertiary/aromatic N) is 5. The van der Waals surface area contributed by atoms with E-state index < -0.39 is 48.1 Å². The second kappa shape index (κ2) is 14.5. The molecule has 2 aromatic carbocycles. The number of nitrogens with one attached hydrogen (secondary N) is 1. The Morgan fingerprint density at radius 2 is 1.95 bits per heavy atom. The van der Waals surface area contributed by atoms with Gasteiger partial charge in [-0.2, -0.15) is 9.97 Å². The highest BCUT2D eigenvalue weighted by Gasteiger charge is 2.49. The van der Waals surface area contributed by atoms with Crippen molar-refractivity contribution in [1.29, 1.82) is 0 Å². The van der Waals surface area contributed by atoms with Crippen LogP contribution in [0.4, 0.5) is 28.2 Å². The third-order valence-corrected chi connectivity index (χ3v) is 12.4. The maximum Gasteiger partial charge on any atom is 0.476 e. The normalized spacial score (nSPS) is 26.8. The number of rotatable bonds is 7. The van der Waals surface area contributed by atoms with Gasteiger partial charge in [-0.1, -0.05) is 6.07 Å². The number of alkyl halides is 2. The lowest BCUT2D eigenvalue weighted by molar-refractivity contribution is 0.107. The summed E-state index contributed by atoms with van der Waals surface area (Å²) in [6.07, 6.45) is 0.175. The molecular formula is C37H40ClF4N6O6P. The lowest BCUT2D eigenvalue weighted by Gasteiger charge is -2.42. The summed E-state index contributed by atoms with van der Waals surface area (Å²) in [6.45, 7) is -0.0246. The third kappa shape index (κ3) is 7.38. The molecule has 12 nitrogen and oxygen atoms in total. The van der Waals surface area contributed by atoms with E-state index in [0.29, 0.717) is 18.4 Å². The maximum atomic E-state index is 17.4. The van der Waals surface area contributed by atoms with Crippen LogP contribution in [0.25, 0.3) is 32.9 Å². The second-order valence-electron chi connectivity index (χ2n) is 15.0. The Morgan fingerprint density at radius 1 is 1.13 bits per heavy atom. The topological polar surface area (TPSA) is 128 Å². The molecule has 0 radical (unpaired) electrons. The highest BCUT2D eigenvalue weighted by molar-refractivity contribution is 7.81. The van der Waals surface area contributed by atoms with Crippen LogP contribution in [0.1, 0.15) is 51.5 Å². The van der Waals surface area contributed by atoms with E-state index >= 15 is 13.2 Å². The zero-order chi connectivity index (χ0) is 38.7. The quantitative estimate of drug-likeness (QED) is 0.145. The van der Waals surface area contributed by atoms with E-state index in [1.54, 1.807) is 18.7 Å². The predicted octanol–water partition coefficient (Wildman–Crippen LogP) is 7.82. The number of alkyl carbamates (subject to hydrolysis) is 1. The Kier molecular flexibility index (Phi) is 10.0. The van der Waals surface area contributed by atoms with Crippen molar-refractivity contribution in [3.05, 3.63) is 47.7 Å². The van der Waals surface area contributed by atoms with Gasteiger partial charge in [0.25, 0.3) is 0 Å². The molecule has 3 saturated heterocycles. The van der Waals surface area contributed by atoms with Crippen molar-refractivity contribution < 1.29 is 45.4 Å². The molecule has 4 aromatic rings. The Morgan fingerprint density at radius 3 is 2.76 bits per heavy atom. The van der Waals surface area contributed by atoms with Gasteiger partial charge in [0, 0.05) is 48.9 Å². The number of aryl methyl sites for hydroxylation is 1. The first-order valence-corrected chi connectivity index (χ1v) is 20.8. The first-order valence-electron chi connectivity index (χ1n) is 18.4. The maximum absolute atomic E-state index is 17.4. The minimum atomic E-state index is -4.14. The number of ether oxygens (including phenoxy) is 2. The van der Waals surface area contributed by atoms with Crippen LogP contribution in [-0.2, 0) is 20.2 Å². The fourth-order valence-corrected chi connectivity index (χ4v) is 9.98. The van der Waals surface area contributed by atoms with Crippen LogP contribution in [0.2, 0.25) is 0 Å². The largest absolute Gasteiger partial charge is 0.476 e. The summed E-state index contributed by atoms with van der Waals surface area (Å²) < 4.78 is 98.7. The smallest absolute Gasteiger partial charge is 0.461 e. The van der Waals surface area contributed by atoms with Gasteiger partial charge >= 0.3 is 19.1 Å². The number of aromatic nitrogens is 3. The SMILES string of the molecule is CCOP(=O)(Cl)Oc1cc2c3c(c(F)ccc3c1)CCCOC(=O)N[C@]1(C)C[C@@H](F)CN(C1)c1nc(OC[C@@]34CCCN3C[C@H](F)C4)nc3c(F)c-2ncc13. The predicted molar refractivity (Wildman–Crippen MR) is 197 cm³/mol. The molecule has 5 atom stereocenters. The molecule has 6 bridgehead atoms. The number of pyridine rings is 1. The van der Waals surface area contributed by atoms with Gasteiger partial charge in [-0.15, -0.1) is 0 Å². The van der Waals surface area contributed by atoms with Crippen LogP contribution in [0.3, 0.4) is 0 Å². The van der Waals surface area contributed by atoms with Crippen LogP contribution < -0.4 is 19.5 Å².